The van der Waals surface area contributed by atoms with Gasteiger partial charge in [-0.05, 0) is 36.3 Å². The summed E-state index contributed by atoms with van der Waals surface area (Å²) < 4.78 is 5.36. The molecule has 0 radical (unpaired) electrons. The summed E-state index contributed by atoms with van der Waals surface area (Å²) in [5.41, 5.74) is 1.88. The number of piperidine rings is 1. The van der Waals surface area contributed by atoms with Gasteiger partial charge >= 0.3 is 0 Å². The van der Waals surface area contributed by atoms with Crippen molar-refractivity contribution in [3.8, 4) is 0 Å². The zero-order chi connectivity index (χ0) is 14.3. The van der Waals surface area contributed by atoms with Gasteiger partial charge in [0, 0.05) is 13.5 Å². The fraction of sp³-hybridized carbons (Fsp3) is 0.500. The van der Waals surface area contributed by atoms with Gasteiger partial charge in [-0.2, -0.15) is 0 Å². The second-order valence-electron chi connectivity index (χ2n) is 6.01. The molecule has 1 heterocycles. The number of hydrogen-bond acceptors (Lipinski definition) is 3. The van der Waals surface area contributed by atoms with E-state index in [4.69, 9.17) is 4.74 Å². The first-order valence-electron chi connectivity index (χ1n) is 6.98. The summed E-state index contributed by atoms with van der Waals surface area (Å²) in [5, 5.41) is 2.49. The molecule has 1 aromatic rings. The largest absolute Gasteiger partial charge is 0.381 e. The van der Waals surface area contributed by atoms with Crippen LogP contribution in [0, 0.1) is 12.3 Å². The topological polar surface area (TPSA) is 55.4 Å². The molecule has 4 heteroatoms. The highest BCUT2D eigenvalue weighted by atomic mass is 16.5. The quantitative estimate of drug-likeness (QED) is 0.838. The first-order valence-corrected chi connectivity index (χ1v) is 6.98. The van der Waals surface area contributed by atoms with Crippen LogP contribution in [0.5, 0.6) is 0 Å². The number of ether oxygens (including phenoxy) is 1. The molecule has 20 heavy (non-hydrogen) atoms. The first kappa shape index (κ1) is 13.3. The molecule has 3 rings (SSSR count). The summed E-state index contributed by atoms with van der Waals surface area (Å²) in [7, 11) is 1.69. The van der Waals surface area contributed by atoms with E-state index in [1.165, 1.54) is 0 Å². The minimum absolute atomic E-state index is 0.158. The smallest absolute Gasteiger partial charge is 0.234 e. The fourth-order valence-electron chi connectivity index (χ4n) is 3.73. The zero-order valence-corrected chi connectivity index (χ0v) is 11.8. The van der Waals surface area contributed by atoms with Crippen LogP contribution in [0.3, 0.4) is 0 Å². The molecule has 106 valence electrons. The lowest BCUT2D eigenvalue weighted by Crippen LogP contribution is -2.57. The Balaban J connectivity index is 2.00. The maximum atomic E-state index is 12.4. The predicted octanol–water partition coefficient (Wildman–Crippen LogP) is 1.92. The van der Waals surface area contributed by atoms with Gasteiger partial charge in [-0.15, -0.1) is 0 Å². The molecular formula is C16H19NO3. The highest BCUT2D eigenvalue weighted by molar-refractivity contribution is 6.02. The Labute approximate surface area is 118 Å². The number of imide groups is 1. The first-order chi connectivity index (χ1) is 9.55. The van der Waals surface area contributed by atoms with Crippen molar-refractivity contribution < 1.29 is 14.3 Å². The minimum atomic E-state index is -0.258. The van der Waals surface area contributed by atoms with Crippen molar-refractivity contribution in [3.05, 3.63) is 35.4 Å². The van der Waals surface area contributed by atoms with Crippen molar-refractivity contribution >= 4 is 11.8 Å². The number of carbonyl (C=O) groups is 2. The van der Waals surface area contributed by atoms with Gasteiger partial charge < -0.3 is 4.74 Å². The van der Waals surface area contributed by atoms with Gasteiger partial charge in [0.25, 0.3) is 0 Å². The molecule has 0 aromatic heterocycles. The third kappa shape index (κ3) is 1.95. The molecule has 2 fully saturated rings. The summed E-state index contributed by atoms with van der Waals surface area (Å²) in [6.45, 7) is 2.01. The molecule has 1 unspecified atom stereocenters. The summed E-state index contributed by atoms with van der Waals surface area (Å²) in [6, 6.07) is 7.93. The van der Waals surface area contributed by atoms with E-state index in [2.05, 4.69) is 5.32 Å². The van der Waals surface area contributed by atoms with Crippen LogP contribution in [0.25, 0.3) is 0 Å². The summed E-state index contributed by atoms with van der Waals surface area (Å²) in [6.07, 6.45) is 2.14. The molecular weight excluding hydrogens is 254 g/mol. The molecule has 1 atom stereocenters. The molecule has 1 aromatic carbocycles. The standard InChI is InChI=1S/C16H19NO3/c1-10-5-3-4-6-12(10)14-15(19)17-13(18)9-16(14)7-11(8-16)20-2/h3-6,11,14H,7-9H2,1-2H3,(H,17,18,19). The van der Waals surface area contributed by atoms with E-state index in [0.717, 1.165) is 24.0 Å². The van der Waals surface area contributed by atoms with Gasteiger partial charge in [0.1, 0.15) is 0 Å². The van der Waals surface area contributed by atoms with E-state index in [-0.39, 0.29) is 29.3 Å². The monoisotopic (exact) mass is 273 g/mol. The maximum Gasteiger partial charge on any atom is 0.234 e. The molecule has 1 aliphatic carbocycles. The van der Waals surface area contributed by atoms with Crippen LogP contribution in [0.2, 0.25) is 0 Å². The maximum absolute atomic E-state index is 12.4. The lowest BCUT2D eigenvalue weighted by molar-refractivity contribution is -0.151. The van der Waals surface area contributed by atoms with Crippen molar-refractivity contribution in [1.29, 1.82) is 0 Å². The number of aryl methyl sites for hydroxylation is 1. The Hall–Kier alpha value is -1.68. The highest BCUT2D eigenvalue weighted by Gasteiger charge is 2.56. The van der Waals surface area contributed by atoms with Gasteiger partial charge in [-0.25, -0.2) is 0 Å². The minimum Gasteiger partial charge on any atom is -0.381 e. The average Bonchev–Trinajstić information content (AvgIpc) is 2.36. The van der Waals surface area contributed by atoms with Crippen LogP contribution in [0.4, 0.5) is 0 Å². The lowest BCUT2D eigenvalue weighted by Gasteiger charge is -2.53. The van der Waals surface area contributed by atoms with Crippen LogP contribution in [0.1, 0.15) is 36.3 Å². The van der Waals surface area contributed by atoms with Crippen molar-refractivity contribution in [2.75, 3.05) is 7.11 Å². The number of amides is 2. The van der Waals surface area contributed by atoms with Gasteiger partial charge in [-0.1, -0.05) is 24.3 Å². The number of nitrogens with one attached hydrogen (secondary N) is 1. The van der Waals surface area contributed by atoms with Gasteiger partial charge in [0.2, 0.25) is 11.8 Å². The van der Waals surface area contributed by atoms with Crippen molar-refractivity contribution in [2.24, 2.45) is 5.41 Å². The van der Waals surface area contributed by atoms with Crippen LogP contribution >= 0.6 is 0 Å². The van der Waals surface area contributed by atoms with Crippen LogP contribution in [-0.4, -0.2) is 25.0 Å². The van der Waals surface area contributed by atoms with E-state index >= 15 is 0 Å². The summed E-state index contributed by atoms with van der Waals surface area (Å²) in [5.74, 6) is -0.563. The molecule has 0 bridgehead atoms. The molecule has 1 saturated heterocycles. The van der Waals surface area contributed by atoms with Gasteiger partial charge in [-0.3, -0.25) is 14.9 Å². The fourth-order valence-corrected chi connectivity index (χ4v) is 3.73. The number of methoxy groups -OCH3 is 1. The SMILES string of the molecule is COC1CC2(CC(=O)NC(=O)C2c2ccccc2C)C1. The Morgan fingerprint density at radius 1 is 1.25 bits per heavy atom. The molecule has 1 spiro atoms. The third-order valence-corrected chi connectivity index (χ3v) is 4.75. The van der Waals surface area contributed by atoms with E-state index in [1.54, 1.807) is 7.11 Å². The van der Waals surface area contributed by atoms with Crippen LogP contribution < -0.4 is 5.32 Å². The van der Waals surface area contributed by atoms with Crippen LogP contribution in [0.15, 0.2) is 24.3 Å². The lowest BCUT2D eigenvalue weighted by atomic mass is 9.54. The molecule has 2 aliphatic rings. The van der Waals surface area contributed by atoms with Crippen molar-refractivity contribution in [1.82, 2.24) is 5.32 Å². The predicted molar refractivity (Wildman–Crippen MR) is 74.2 cm³/mol. The molecule has 1 aliphatic heterocycles. The zero-order valence-electron chi connectivity index (χ0n) is 11.8. The molecule has 2 amide bonds. The van der Waals surface area contributed by atoms with Crippen LogP contribution in [-0.2, 0) is 14.3 Å². The Kier molecular flexibility index (Phi) is 3.13. The average molecular weight is 273 g/mol. The van der Waals surface area contributed by atoms with Gasteiger partial charge in [0.05, 0.1) is 12.0 Å². The number of benzene rings is 1. The van der Waals surface area contributed by atoms with Gasteiger partial charge in [0.15, 0.2) is 0 Å². The Bertz CT molecular complexity index is 561. The normalized spacial score (nSPS) is 32.9. The number of rotatable bonds is 2. The number of hydrogen-bond donors (Lipinski definition) is 1. The van der Waals surface area contributed by atoms with E-state index in [1.807, 2.05) is 31.2 Å². The highest BCUT2D eigenvalue weighted by Crippen LogP contribution is 2.56. The van der Waals surface area contributed by atoms with E-state index in [0.29, 0.717) is 6.42 Å². The Morgan fingerprint density at radius 3 is 2.60 bits per heavy atom. The summed E-state index contributed by atoms with van der Waals surface area (Å²) >= 11 is 0. The van der Waals surface area contributed by atoms with Crippen molar-refractivity contribution in [2.45, 2.75) is 38.2 Å². The third-order valence-electron chi connectivity index (χ3n) is 4.75. The van der Waals surface area contributed by atoms with E-state index < -0.39 is 0 Å². The second-order valence-corrected chi connectivity index (χ2v) is 6.01. The second kappa shape index (κ2) is 4.70. The number of carbonyl (C=O) groups excluding carboxylic acids is 2. The summed E-state index contributed by atoms with van der Waals surface area (Å²) in [4.78, 5) is 24.2. The molecule has 4 nitrogen and oxygen atoms in total. The molecule has 1 N–H and O–H groups in total. The Morgan fingerprint density at radius 2 is 1.95 bits per heavy atom. The van der Waals surface area contributed by atoms with Crippen molar-refractivity contribution in [3.63, 3.8) is 0 Å². The van der Waals surface area contributed by atoms with E-state index in [9.17, 15) is 9.59 Å². The molecule has 1 saturated carbocycles.